The maximum atomic E-state index is 12.0. The lowest BCUT2D eigenvalue weighted by Crippen LogP contribution is -2.22. The molecule has 0 aliphatic carbocycles. The number of ether oxygens (including phenoxy) is 1. The highest BCUT2D eigenvalue weighted by Gasteiger charge is 2.05. The second kappa shape index (κ2) is 19.5. The van der Waals surface area contributed by atoms with Gasteiger partial charge in [-0.15, -0.1) is 0 Å². The van der Waals surface area contributed by atoms with Gasteiger partial charge in [0.15, 0.2) is 11.5 Å². The topological polar surface area (TPSA) is 58.6 Å². The van der Waals surface area contributed by atoms with Crippen molar-refractivity contribution < 1.29 is 14.6 Å². The molecule has 1 aromatic rings. The highest BCUT2D eigenvalue weighted by atomic mass is 16.5. The molecule has 0 atom stereocenters. The normalized spacial score (nSPS) is 11.4. The summed E-state index contributed by atoms with van der Waals surface area (Å²) in [5, 5.41) is 12.5. The molecule has 0 radical (unpaired) electrons. The van der Waals surface area contributed by atoms with Crippen LogP contribution in [0, 0.1) is 0 Å². The van der Waals surface area contributed by atoms with Gasteiger partial charge in [-0.1, -0.05) is 82.2 Å². The number of amides is 1. The number of nitrogens with one attached hydrogen (secondary N) is 1. The molecule has 180 valence electrons. The molecule has 0 spiro atoms. The van der Waals surface area contributed by atoms with Gasteiger partial charge in [0.05, 0.1) is 7.11 Å². The number of benzene rings is 1. The molecule has 0 saturated carbocycles. The number of carbonyl (C=O) groups excluding carboxylic acids is 1. The maximum Gasteiger partial charge on any atom is 0.220 e. The van der Waals surface area contributed by atoms with E-state index in [0.717, 1.165) is 24.8 Å². The lowest BCUT2D eigenvalue weighted by Gasteiger charge is -2.08. The number of carbonyl (C=O) groups is 1. The minimum Gasteiger partial charge on any atom is -0.504 e. The summed E-state index contributed by atoms with van der Waals surface area (Å²) < 4.78 is 5.09. The molecule has 0 aliphatic heterocycles. The summed E-state index contributed by atoms with van der Waals surface area (Å²) in [4.78, 5) is 12.0. The lowest BCUT2D eigenvalue weighted by molar-refractivity contribution is -0.121. The first-order valence-electron chi connectivity index (χ1n) is 12.6. The van der Waals surface area contributed by atoms with Crippen LogP contribution in [-0.4, -0.2) is 18.1 Å². The Bertz CT molecular complexity index is 667. The average Bonchev–Trinajstić information content (AvgIpc) is 2.80. The van der Waals surface area contributed by atoms with Crippen LogP contribution in [0.2, 0.25) is 0 Å². The van der Waals surface area contributed by atoms with E-state index in [9.17, 15) is 9.90 Å². The molecule has 1 amide bonds. The zero-order chi connectivity index (χ0) is 23.3. The van der Waals surface area contributed by atoms with E-state index in [-0.39, 0.29) is 11.7 Å². The predicted molar refractivity (Wildman–Crippen MR) is 135 cm³/mol. The number of methoxy groups -OCH3 is 1. The number of hydrogen-bond donors (Lipinski definition) is 2. The molecule has 2 N–H and O–H groups in total. The third kappa shape index (κ3) is 14.7. The van der Waals surface area contributed by atoms with E-state index < -0.39 is 0 Å². The highest BCUT2D eigenvalue weighted by molar-refractivity contribution is 5.75. The summed E-state index contributed by atoms with van der Waals surface area (Å²) in [6.45, 7) is 2.70. The van der Waals surface area contributed by atoms with Crippen molar-refractivity contribution in [1.82, 2.24) is 5.32 Å². The van der Waals surface area contributed by atoms with Crippen LogP contribution in [0.5, 0.6) is 11.5 Å². The van der Waals surface area contributed by atoms with Crippen LogP contribution >= 0.6 is 0 Å². The fraction of sp³-hybridized carbons (Fsp3) is 0.607. The average molecular weight is 444 g/mol. The summed E-state index contributed by atoms with van der Waals surface area (Å²) in [5.74, 6) is 0.623. The Morgan fingerprint density at radius 2 is 1.53 bits per heavy atom. The number of hydrogen-bond acceptors (Lipinski definition) is 3. The van der Waals surface area contributed by atoms with Gasteiger partial charge in [0.2, 0.25) is 5.91 Å². The van der Waals surface area contributed by atoms with E-state index in [4.69, 9.17) is 4.74 Å². The Morgan fingerprint density at radius 1 is 0.906 bits per heavy atom. The molecule has 0 aliphatic rings. The number of allylic oxidation sites excluding steroid dienone is 4. The first-order chi connectivity index (χ1) is 15.7. The molecule has 0 unspecified atom stereocenters. The molecule has 0 bridgehead atoms. The standard InChI is InChI=1S/C28H45NO3/c1-3-4-5-6-7-8-9-10-11-12-13-14-15-16-17-18-19-20-28(31)29-24-25-21-22-26(30)27(23-25)32-2/h7-8,10-11,21-23,30H,3-6,9,12-20,24H2,1-2H3,(H,29,31)/b8-7+,11-10+. The molecule has 0 saturated heterocycles. The molecule has 4 nitrogen and oxygen atoms in total. The first kappa shape index (κ1) is 27.8. The molecular weight excluding hydrogens is 398 g/mol. The van der Waals surface area contributed by atoms with Crippen LogP contribution in [0.3, 0.4) is 0 Å². The molecule has 0 aromatic heterocycles. The van der Waals surface area contributed by atoms with Gasteiger partial charge in [-0.05, 0) is 56.2 Å². The van der Waals surface area contributed by atoms with E-state index in [2.05, 4.69) is 36.5 Å². The molecular formula is C28H45NO3. The molecule has 0 heterocycles. The van der Waals surface area contributed by atoms with Crippen molar-refractivity contribution in [3.63, 3.8) is 0 Å². The third-order valence-corrected chi connectivity index (χ3v) is 5.59. The number of phenols is 1. The minimum atomic E-state index is 0.0830. The second-order valence-electron chi connectivity index (χ2n) is 8.47. The summed E-state index contributed by atoms with van der Waals surface area (Å²) in [6.07, 6.45) is 25.6. The monoisotopic (exact) mass is 443 g/mol. The summed E-state index contributed by atoms with van der Waals surface area (Å²) >= 11 is 0. The fourth-order valence-corrected chi connectivity index (χ4v) is 3.57. The smallest absolute Gasteiger partial charge is 0.220 e. The summed E-state index contributed by atoms with van der Waals surface area (Å²) in [5.41, 5.74) is 0.918. The molecule has 1 rings (SSSR count). The van der Waals surface area contributed by atoms with Crippen molar-refractivity contribution in [1.29, 1.82) is 0 Å². The van der Waals surface area contributed by atoms with Crippen LogP contribution in [0.1, 0.15) is 102 Å². The Balaban J connectivity index is 1.91. The van der Waals surface area contributed by atoms with Gasteiger partial charge < -0.3 is 15.2 Å². The van der Waals surface area contributed by atoms with Crippen molar-refractivity contribution in [2.45, 2.75) is 103 Å². The Labute approximate surface area is 196 Å². The van der Waals surface area contributed by atoms with Crippen LogP contribution in [0.4, 0.5) is 0 Å². The van der Waals surface area contributed by atoms with E-state index in [1.807, 2.05) is 0 Å². The predicted octanol–water partition coefficient (Wildman–Crippen LogP) is 7.61. The zero-order valence-corrected chi connectivity index (χ0v) is 20.4. The van der Waals surface area contributed by atoms with Crippen molar-refractivity contribution in [3.8, 4) is 11.5 Å². The Kier molecular flexibility index (Phi) is 16.9. The lowest BCUT2D eigenvalue weighted by atomic mass is 10.1. The van der Waals surface area contributed by atoms with Gasteiger partial charge in [-0.3, -0.25) is 4.79 Å². The fourth-order valence-electron chi connectivity index (χ4n) is 3.57. The quantitative estimate of drug-likeness (QED) is 0.171. The van der Waals surface area contributed by atoms with Crippen LogP contribution in [0.25, 0.3) is 0 Å². The molecule has 4 heteroatoms. The highest BCUT2D eigenvalue weighted by Crippen LogP contribution is 2.26. The Morgan fingerprint density at radius 3 is 2.19 bits per heavy atom. The van der Waals surface area contributed by atoms with E-state index in [1.54, 1.807) is 18.2 Å². The zero-order valence-electron chi connectivity index (χ0n) is 20.4. The van der Waals surface area contributed by atoms with Gasteiger partial charge in [-0.2, -0.15) is 0 Å². The molecule has 0 fully saturated rings. The van der Waals surface area contributed by atoms with Crippen LogP contribution in [0.15, 0.2) is 42.5 Å². The van der Waals surface area contributed by atoms with Crippen molar-refractivity contribution in [2.24, 2.45) is 0 Å². The minimum absolute atomic E-state index is 0.0830. The summed E-state index contributed by atoms with van der Waals surface area (Å²) in [7, 11) is 1.52. The van der Waals surface area contributed by atoms with Crippen molar-refractivity contribution >= 4 is 5.91 Å². The van der Waals surface area contributed by atoms with E-state index in [1.165, 1.54) is 71.3 Å². The van der Waals surface area contributed by atoms with E-state index >= 15 is 0 Å². The second-order valence-corrected chi connectivity index (χ2v) is 8.47. The number of rotatable bonds is 19. The van der Waals surface area contributed by atoms with Crippen molar-refractivity contribution in [3.05, 3.63) is 48.1 Å². The van der Waals surface area contributed by atoms with Gasteiger partial charge in [0.25, 0.3) is 0 Å². The maximum absolute atomic E-state index is 12.0. The largest absolute Gasteiger partial charge is 0.504 e. The van der Waals surface area contributed by atoms with Gasteiger partial charge in [0.1, 0.15) is 0 Å². The first-order valence-corrected chi connectivity index (χ1v) is 12.6. The van der Waals surface area contributed by atoms with Gasteiger partial charge in [-0.25, -0.2) is 0 Å². The number of unbranched alkanes of at least 4 members (excludes halogenated alkanes) is 10. The Hall–Kier alpha value is -2.23. The van der Waals surface area contributed by atoms with Gasteiger partial charge >= 0.3 is 0 Å². The van der Waals surface area contributed by atoms with E-state index in [0.29, 0.717) is 18.7 Å². The number of aromatic hydroxyl groups is 1. The number of phenolic OH excluding ortho intramolecular Hbond substituents is 1. The molecule has 32 heavy (non-hydrogen) atoms. The third-order valence-electron chi connectivity index (χ3n) is 5.59. The van der Waals surface area contributed by atoms with Gasteiger partial charge in [0, 0.05) is 13.0 Å². The van der Waals surface area contributed by atoms with Crippen molar-refractivity contribution in [2.75, 3.05) is 7.11 Å². The SMILES string of the molecule is CCCCC/C=C/C/C=C/CCCCCCCCCC(=O)NCc1ccc(O)c(OC)c1. The van der Waals surface area contributed by atoms with Crippen LogP contribution in [-0.2, 0) is 11.3 Å². The van der Waals surface area contributed by atoms with Crippen LogP contribution < -0.4 is 10.1 Å². The summed E-state index contributed by atoms with van der Waals surface area (Å²) in [6, 6.07) is 5.13. The molecule has 1 aromatic carbocycles.